The Bertz CT molecular complexity index is 1140. The molecule has 4 rings (SSSR count). The summed E-state index contributed by atoms with van der Waals surface area (Å²) in [6.07, 6.45) is 3.31. The Balaban J connectivity index is 1.30. The molecule has 1 aliphatic heterocycles. The molecule has 0 atom stereocenters. The lowest BCUT2D eigenvalue weighted by Crippen LogP contribution is -2.39. The summed E-state index contributed by atoms with van der Waals surface area (Å²) in [6.45, 7) is 3.54. The van der Waals surface area contributed by atoms with Gasteiger partial charge >= 0.3 is 6.03 Å². The Morgan fingerprint density at radius 2 is 1.97 bits per heavy atom. The number of hydrogen-bond acceptors (Lipinski definition) is 6. The fourth-order valence-corrected chi connectivity index (χ4v) is 4.15. The van der Waals surface area contributed by atoms with Crippen LogP contribution < -0.4 is 15.4 Å². The van der Waals surface area contributed by atoms with E-state index in [0.29, 0.717) is 49.0 Å². The van der Waals surface area contributed by atoms with Gasteiger partial charge in [-0.15, -0.1) is 0 Å². The first-order valence-corrected chi connectivity index (χ1v) is 11.5. The normalized spacial score (nSPS) is 13.5. The third kappa shape index (κ3) is 6.07. The maximum Gasteiger partial charge on any atom is 0.323 e. The molecule has 1 aliphatic rings. The quantitative estimate of drug-likeness (QED) is 0.513. The molecule has 2 heterocycles. The van der Waals surface area contributed by atoms with E-state index in [1.165, 1.54) is 17.6 Å². The molecule has 1 fully saturated rings. The second-order valence-electron chi connectivity index (χ2n) is 7.80. The monoisotopic (exact) mass is 467 g/mol. The van der Waals surface area contributed by atoms with Crippen molar-refractivity contribution in [1.29, 1.82) is 0 Å². The van der Waals surface area contributed by atoms with E-state index < -0.39 is 0 Å². The van der Waals surface area contributed by atoms with Gasteiger partial charge in [0, 0.05) is 42.4 Å². The summed E-state index contributed by atoms with van der Waals surface area (Å²) in [4.78, 5) is 18.3. The molecule has 7 nitrogen and oxygen atoms in total. The zero-order valence-electron chi connectivity index (χ0n) is 18.6. The van der Waals surface area contributed by atoms with E-state index >= 15 is 0 Å². The summed E-state index contributed by atoms with van der Waals surface area (Å²) in [5, 5.41) is 6.53. The average molecular weight is 468 g/mol. The highest BCUT2D eigenvalue weighted by molar-refractivity contribution is 7.09. The van der Waals surface area contributed by atoms with Crippen molar-refractivity contribution in [3.8, 4) is 5.75 Å². The number of amides is 2. The minimum Gasteiger partial charge on any atom is -0.497 e. The number of piperidine rings is 1. The number of hydrogen-bond donors (Lipinski definition) is 2. The molecule has 1 aromatic heterocycles. The maximum atomic E-state index is 14.7. The van der Waals surface area contributed by atoms with Crippen molar-refractivity contribution < 1.29 is 13.9 Å². The number of ether oxygens (including phenoxy) is 1. The van der Waals surface area contributed by atoms with Gasteiger partial charge in [-0.1, -0.05) is 23.8 Å². The zero-order chi connectivity index (χ0) is 23.2. The topological polar surface area (TPSA) is 79.4 Å². The lowest BCUT2D eigenvalue weighted by atomic mass is 10.0. The fraction of sp³-hybridized carbons (Fsp3) is 0.292. The van der Waals surface area contributed by atoms with E-state index in [9.17, 15) is 9.18 Å². The number of nitrogens with one attached hydrogen (secondary N) is 2. The highest BCUT2D eigenvalue weighted by Gasteiger charge is 2.20. The van der Waals surface area contributed by atoms with Crippen LogP contribution in [0.1, 0.15) is 29.8 Å². The summed E-state index contributed by atoms with van der Waals surface area (Å²) in [6, 6.07) is 12.8. The second-order valence-corrected chi connectivity index (χ2v) is 8.56. The van der Waals surface area contributed by atoms with Crippen LogP contribution in [-0.4, -0.2) is 40.5 Å². The molecular formula is C24H26FN5O2S. The predicted molar refractivity (Wildman–Crippen MR) is 129 cm³/mol. The number of likely N-dealkylation sites (tertiary alicyclic amines) is 1. The summed E-state index contributed by atoms with van der Waals surface area (Å²) < 4.78 is 23.9. The number of nitrogens with zero attached hydrogens (tertiary/aromatic N) is 3. The molecule has 2 N–H and O–H groups in total. The molecule has 0 aliphatic carbocycles. The van der Waals surface area contributed by atoms with Gasteiger partial charge in [0.2, 0.25) is 5.13 Å². The van der Waals surface area contributed by atoms with Gasteiger partial charge in [-0.3, -0.25) is 5.32 Å². The molecule has 2 aromatic carbocycles. The third-order valence-corrected chi connectivity index (χ3v) is 6.17. The molecule has 0 saturated carbocycles. The van der Waals surface area contributed by atoms with Gasteiger partial charge in [0.25, 0.3) is 0 Å². The Labute approximate surface area is 196 Å². The molecule has 0 spiro atoms. The number of halogens is 1. The van der Waals surface area contributed by atoms with Gasteiger partial charge in [-0.2, -0.15) is 4.37 Å². The smallest absolute Gasteiger partial charge is 0.323 e. The maximum absolute atomic E-state index is 14.7. The SMILES string of the molecule is COc1ccc(CNc2ccc(C=C3CCN(C(=O)Nc4nc(C)ns4)CC3)c(F)c2)cc1. The third-order valence-electron chi connectivity index (χ3n) is 5.45. The van der Waals surface area contributed by atoms with Gasteiger partial charge in [-0.05, 0) is 55.7 Å². The van der Waals surface area contributed by atoms with E-state index in [4.69, 9.17) is 4.74 Å². The van der Waals surface area contributed by atoms with Crippen LogP contribution >= 0.6 is 11.5 Å². The van der Waals surface area contributed by atoms with Crippen molar-refractivity contribution in [1.82, 2.24) is 14.3 Å². The molecule has 0 unspecified atom stereocenters. The van der Waals surface area contributed by atoms with Crippen molar-refractivity contribution in [2.75, 3.05) is 30.8 Å². The van der Waals surface area contributed by atoms with Gasteiger partial charge < -0.3 is 15.0 Å². The summed E-state index contributed by atoms with van der Waals surface area (Å²) in [5.41, 5.74) is 3.49. The minimum atomic E-state index is -0.269. The molecule has 0 bridgehead atoms. The Morgan fingerprint density at radius 3 is 2.61 bits per heavy atom. The van der Waals surface area contributed by atoms with E-state index in [1.807, 2.05) is 36.4 Å². The van der Waals surface area contributed by atoms with Crippen LogP contribution in [0.5, 0.6) is 5.75 Å². The number of aryl methyl sites for hydroxylation is 1. The van der Waals surface area contributed by atoms with Crippen LogP contribution in [0.2, 0.25) is 0 Å². The highest BCUT2D eigenvalue weighted by atomic mass is 32.1. The van der Waals surface area contributed by atoms with Gasteiger partial charge in [0.15, 0.2) is 0 Å². The lowest BCUT2D eigenvalue weighted by Gasteiger charge is -2.28. The predicted octanol–water partition coefficient (Wildman–Crippen LogP) is 5.32. The standard InChI is InChI=1S/C24H26FN5O2S/c1-16-27-23(33-29-16)28-24(31)30-11-9-17(10-12-30)13-19-5-6-20(14-22(19)25)26-15-18-3-7-21(32-2)8-4-18/h3-8,13-14,26H,9-12,15H2,1-2H3,(H,27,28,29,31). The van der Waals surface area contributed by atoms with Crippen molar-refractivity contribution in [2.24, 2.45) is 0 Å². The fourth-order valence-electron chi connectivity index (χ4n) is 3.58. The molecule has 1 saturated heterocycles. The number of methoxy groups -OCH3 is 1. The van der Waals surface area contributed by atoms with E-state index in [2.05, 4.69) is 20.0 Å². The number of carbonyl (C=O) groups excluding carboxylic acids is 1. The molecular weight excluding hydrogens is 441 g/mol. The van der Waals surface area contributed by atoms with Crippen LogP contribution in [0, 0.1) is 12.7 Å². The summed E-state index contributed by atoms with van der Waals surface area (Å²) in [5.74, 6) is 1.18. The van der Waals surface area contributed by atoms with Crippen LogP contribution in [-0.2, 0) is 6.54 Å². The van der Waals surface area contributed by atoms with E-state index in [0.717, 1.165) is 22.6 Å². The Kier molecular flexibility index (Phi) is 7.19. The first-order chi connectivity index (χ1) is 16.0. The molecule has 9 heteroatoms. The molecule has 33 heavy (non-hydrogen) atoms. The van der Waals surface area contributed by atoms with Crippen LogP contribution in [0.3, 0.4) is 0 Å². The number of benzene rings is 2. The molecule has 3 aromatic rings. The van der Waals surface area contributed by atoms with Crippen molar-refractivity contribution >= 4 is 34.5 Å². The van der Waals surface area contributed by atoms with Crippen LogP contribution in [0.25, 0.3) is 6.08 Å². The van der Waals surface area contributed by atoms with E-state index in [-0.39, 0.29) is 11.8 Å². The van der Waals surface area contributed by atoms with Crippen molar-refractivity contribution in [3.63, 3.8) is 0 Å². The Morgan fingerprint density at radius 1 is 1.21 bits per heavy atom. The lowest BCUT2D eigenvalue weighted by molar-refractivity contribution is 0.208. The molecule has 172 valence electrons. The number of urea groups is 1. The summed E-state index contributed by atoms with van der Waals surface area (Å²) >= 11 is 1.17. The van der Waals surface area contributed by atoms with Gasteiger partial charge in [0.1, 0.15) is 17.4 Å². The number of carbonyl (C=O) groups is 1. The molecule has 2 amide bonds. The highest BCUT2D eigenvalue weighted by Crippen LogP contribution is 2.24. The largest absolute Gasteiger partial charge is 0.497 e. The minimum absolute atomic E-state index is 0.177. The van der Waals surface area contributed by atoms with Gasteiger partial charge in [0.05, 0.1) is 7.11 Å². The Hall–Kier alpha value is -3.46. The number of rotatable bonds is 6. The first kappa shape index (κ1) is 22.7. The number of aromatic nitrogens is 2. The van der Waals surface area contributed by atoms with Crippen LogP contribution in [0.4, 0.5) is 20.0 Å². The van der Waals surface area contributed by atoms with Crippen molar-refractivity contribution in [2.45, 2.75) is 26.3 Å². The van der Waals surface area contributed by atoms with E-state index in [1.54, 1.807) is 25.0 Å². The first-order valence-electron chi connectivity index (χ1n) is 10.7. The summed E-state index contributed by atoms with van der Waals surface area (Å²) in [7, 11) is 1.63. The molecule has 0 radical (unpaired) electrons. The second kappa shape index (κ2) is 10.4. The van der Waals surface area contributed by atoms with Crippen molar-refractivity contribution in [3.05, 3.63) is 70.8 Å². The number of anilines is 2. The van der Waals surface area contributed by atoms with Gasteiger partial charge in [-0.25, -0.2) is 14.2 Å². The average Bonchev–Trinajstić information content (AvgIpc) is 3.24. The zero-order valence-corrected chi connectivity index (χ0v) is 19.4. The van der Waals surface area contributed by atoms with Crippen LogP contribution in [0.15, 0.2) is 48.0 Å².